The Morgan fingerprint density at radius 3 is 1.36 bits per heavy atom. The quantitative estimate of drug-likeness (QED) is 0.297. The normalized spacial score (nSPS) is 14.5. The van der Waals surface area contributed by atoms with Crippen LogP contribution in [0.1, 0.15) is 0 Å². The molecule has 5 heteroatoms. The molecule has 4 aliphatic rings. The van der Waals surface area contributed by atoms with Gasteiger partial charge in [0.05, 0.1) is 22.4 Å². The second-order valence-corrected chi connectivity index (χ2v) is 11.3. The van der Waals surface area contributed by atoms with Crippen molar-refractivity contribution in [2.45, 2.75) is 0 Å². The van der Waals surface area contributed by atoms with E-state index in [1.165, 1.54) is 83.3 Å². The Bertz CT molecular complexity index is 2120. The van der Waals surface area contributed by atoms with E-state index in [1.807, 2.05) is 0 Å². The fourth-order valence-corrected chi connectivity index (χ4v) is 8.44. The molecule has 0 saturated carbocycles. The molecule has 5 aromatic carbocycles. The lowest BCUT2D eigenvalue weighted by Crippen LogP contribution is -2.63. The van der Waals surface area contributed by atoms with Crippen LogP contribution in [0.4, 0.5) is 17.1 Å². The van der Waals surface area contributed by atoms with Gasteiger partial charge >= 0.3 is 0 Å². The lowest BCUT2D eigenvalue weighted by molar-refractivity contribution is 1.18. The Balaban J connectivity index is 1.40. The van der Waals surface area contributed by atoms with Crippen molar-refractivity contribution in [3.05, 3.63) is 115 Å². The van der Waals surface area contributed by atoms with Gasteiger partial charge in [-0.1, -0.05) is 91.0 Å². The minimum Gasteiger partial charge on any atom is -0.320 e. The number of para-hydroxylation sites is 5. The Morgan fingerprint density at radius 1 is 0.385 bits per heavy atom. The highest BCUT2D eigenvalue weighted by Gasteiger charge is 2.52. The third-order valence-corrected chi connectivity index (χ3v) is 9.68. The van der Waals surface area contributed by atoms with Crippen LogP contribution >= 0.6 is 0 Å². The first kappa shape index (κ1) is 19.2. The molecule has 4 aliphatic heterocycles. The summed E-state index contributed by atoms with van der Waals surface area (Å²) in [6.07, 6.45) is 0. The van der Waals surface area contributed by atoms with E-state index in [1.54, 1.807) is 0 Å². The molecular formula is C34H19B2N3. The second kappa shape index (κ2) is 6.22. The number of hydrogen-bond acceptors (Lipinski definition) is 1. The maximum absolute atomic E-state index is 2.65. The predicted molar refractivity (Wildman–Crippen MR) is 164 cm³/mol. The van der Waals surface area contributed by atoms with Gasteiger partial charge in [-0.15, -0.1) is 0 Å². The van der Waals surface area contributed by atoms with Crippen LogP contribution in [0.15, 0.2) is 115 Å². The topological polar surface area (TPSA) is 13.1 Å². The molecule has 0 unspecified atom stereocenters. The number of hydrogen-bond donors (Lipinski definition) is 0. The van der Waals surface area contributed by atoms with E-state index in [2.05, 4.69) is 129 Å². The molecule has 0 saturated heterocycles. The number of aromatic nitrogens is 2. The Morgan fingerprint density at radius 2 is 0.821 bits per heavy atom. The van der Waals surface area contributed by atoms with E-state index >= 15 is 0 Å². The summed E-state index contributed by atoms with van der Waals surface area (Å²) >= 11 is 0. The van der Waals surface area contributed by atoms with Crippen molar-refractivity contribution in [1.82, 2.24) is 9.13 Å². The molecule has 2 aromatic heterocycles. The molecule has 0 amide bonds. The SMILES string of the molecule is c1ccc2c(c1)B1c3cccc4c3N(c3c1n-2c1ccccc31)c1c2n(c3ccccc13)-c1ccccc1B42. The van der Waals surface area contributed by atoms with Crippen molar-refractivity contribution in [3.8, 4) is 11.4 Å². The van der Waals surface area contributed by atoms with Gasteiger partial charge in [0.15, 0.2) is 0 Å². The van der Waals surface area contributed by atoms with Gasteiger partial charge in [-0.05, 0) is 46.1 Å². The van der Waals surface area contributed by atoms with E-state index in [9.17, 15) is 0 Å². The van der Waals surface area contributed by atoms with Crippen LogP contribution < -0.4 is 37.9 Å². The lowest BCUT2D eigenvalue weighted by Gasteiger charge is -2.40. The van der Waals surface area contributed by atoms with Gasteiger partial charge in [0.1, 0.15) is 0 Å². The maximum atomic E-state index is 2.65. The monoisotopic (exact) mass is 491 g/mol. The second-order valence-electron chi connectivity index (χ2n) is 11.3. The molecule has 39 heavy (non-hydrogen) atoms. The van der Waals surface area contributed by atoms with Gasteiger partial charge in [-0.25, -0.2) is 0 Å². The average molecular weight is 491 g/mol. The lowest BCUT2D eigenvalue weighted by atomic mass is 9.33. The summed E-state index contributed by atoms with van der Waals surface area (Å²) in [5, 5.41) is 2.65. The van der Waals surface area contributed by atoms with Gasteiger partial charge in [0.25, 0.3) is 13.4 Å². The van der Waals surface area contributed by atoms with E-state index in [-0.39, 0.29) is 13.4 Å². The molecule has 0 spiro atoms. The number of benzene rings is 5. The zero-order valence-electron chi connectivity index (χ0n) is 21.0. The molecule has 0 atom stereocenters. The highest BCUT2D eigenvalue weighted by molar-refractivity contribution is 7.04. The van der Waals surface area contributed by atoms with Gasteiger partial charge in [-0.3, -0.25) is 0 Å². The predicted octanol–water partition coefficient (Wildman–Crippen LogP) is 3.33. The largest absolute Gasteiger partial charge is 0.320 e. The van der Waals surface area contributed by atoms with Crippen LogP contribution in [0, 0.1) is 0 Å². The van der Waals surface area contributed by atoms with E-state index in [0.29, 0.717) is 0 Å². The summed E-state index contributed by atoms with van der Waals surface area (Å²) in [5.41, 5.74) is 17.7. The molecule has 0 aliphatic carbocycles. The van der Waals surface area contributed by atoms with Crippen LogP contribution in [0.2, 0.25) is 0 Å². The van der Waals surface area contributed by atoms with Crippen LogP contribution in [-0.2, 0) is 0 Å². The van der Waals surface area contributed by atoms with E-state index in [4.69, 9.17) is 0 Å². The van der Waals surface area contributed by atoms with Crippen LogP contribution in [0.5, 0.6) is 0 Å². The molecular weight excluding hydrogens is 472 g/mol. The third-order valence-electron chi connectivity index (χ3n) is 9.68. The fourth-order valence-electron chi connectivity index (χ4n) is 8.44. The number of fused-ring (bicyclic) bond motifs is 16. The molecule has 7 aromatic rings. The summed E-state index contributed by atoms with van der Waals surface area (Å²) in [6.45, 7) is 0.447. The Kier molecular flexibility index (Phi) is 3.06. The van der Waals surface area contributed by atoms with Crippen molar-refractivity contribution in [2.24, 2.45) is 0 Å². The molecule has 176 valence electrons. The van der Waals surface area contributed by atoms with Crippen LogP contribution in [-0.4, -0.2) is 22.6 Å². The zero-order valence-corrected chi connectivity index (χ0v) is 21.0. The number of anilines is 3. The number of nitrogens with zero attached hydrogens (tertiary/aromatic N) is 3. The average Bonchev–Trinajstić information content (AvgIpc) is 3.71. The molecule has 11 rings (SSSR count). The molecule has 6 heterocycles. The Hall–Kier alpha value is -4.89. The molecule has 3 nitrogen and oxygen atoms in total. The number of rotatable bonds is 0. The first-order valence-electron chi connectivity index (χ1n) is 13.8. The minimum absolute atomic E-state index is 0.223. The zero-order chi connectivity index (χ0) is 25.0. The van der Waals surface area contributed by atoms with E-state index in [0.717, 1.165) is 0 Å². The Labute approximate surface area is 225 Å². The van der Waals surface area contributed by atoms with Gasteiger partial charge in [-0.2, -0.15) is 0 Å². The van der Waals surface area contributed by atoms with Gasteiger partial charge in [0.2, 0.25) is 0 Å². The van der Waals surface area contributed by atoms with Crippen molar-refractivity contribution < 1.29 is 0 Å². The van der Waals surface area contributed by atoms with Crippen LogP contribution in [0.3, 0.4) is 0 Å². The third kappa shape index (κ3) is 1.92. The summed E-state index contributed by atoms with van der Waals surface area (Å²) < 4.78 is 5.08. The molecule has 0 N–H and O–H groups in total. The van der Waals surface area contributed by atoms with E-state index < -0.39 is 0 Å². The van der Waals surface area contributed by atoms with Crippen molar-refractivity contribution in [3.63, 3.8) is 0 Å². The molecule has 0 fully saturated rings. The maximum Gasteiger partial charge on any atom is 0.270 e. The van der Waals surface area contributed by atoms with Gasteiger partial charge in [0, 0.05) is 39.0 Å². The van der Waals surface area contributed by atoms with Crippen molar-refractivity contribution in [1.29, 1.82) is 0 Å². The molecule has 0 radical (unpaired) electrons. The summed E-state index contributed by atoms with van der Waals surface area (Å²) in [4.78, 5) is 2.65. The first-order chi connectivity index (χ1) is 19.4. The summed E-state index contributed by atoms with van der Waals surface area (Å²) in [5.74, 6) is 0. The smallest absolute Gasteiger partial charge is 0.270 e. The van der Waals surface area contributed by atoms with Gasteiger partial charge < -0.3 is 14.0 Å². The highest BCUT2D eigenvalue weighted by atomic mass is 15.2. The highest BCUT2D eigenvalue weighted by Crippen LogP contribution is 2.48. The standard InChI is InChI=1S/C34H19B2N3/c1-5-16-26-20(10-1)30-33-35(22-12-3-7-18-28(22)37(26)33)24-14-9-15-25-32(24)39(30)31-21-11-2-6-17-27(21)38-29-19-8-4-13-23(29)36(25)34(31)38/h1-19H. The minimum atomic E-state index is 0.223. The summed E-state index contributed by atoms with van der Waals surface area (Å²) in [6, 6.07) is 43.1. The molecule has 0 bridgehead atoms. The summed E-state index contributed by atoms with van der Waals surface area (Å²) in [7, 11) is 0. The van der Waals surface area contributed by atoms with Crippen molar-refractivity contribution >= 4 is 85.3 Å². The van der Waals surface area contributed by atoms with Crippen molar-refractivity contribution in [2.75, 3.05) is 4.90 Å². The fraction of sp³-hybridized carbons (Fsp3) is 0. The first-order valence-corrected chi connectivity index (χ1v) is 13.8. The van der Waals surface area contributed by atoms with Crippen LogP contribution in [0.25, 0.3) is 33.2 Å².